The second-order valence-corrected chi connectivity index (χ2v) is 11.1. The van der Waals surface area contributed by atoms with Crippen molar-refractivity contribution < 1.29 is 4.43 Å². The third kappa shape index (κ3) is 4.47. The first-order chi connectivity index (χ1) is 8.63. The van der Waals surface area contributed by atoms with E-state index < -0.39 is 8.32 Å². The summed E-state index contributed by atoms with van der Waals surface area (Å²) in [6, 6.07) is 1.36. The van der Waals surface area contributed by atoms with Crippen LogP contribution < -0.4 is 11.2 Å². The quantitative estimate of drug-likeness (QED) is 0.664. The zero-order valence-corrected chi connectivity index (χ0v) is 13.4. The van der Waals surface area contributed by atoms with Crippen LogP contribution in [-0.2, 0) is 11.0 Å². The fourth-order valence-corrected chi connectivity index (χ4v) is 2.49. The van der Waals surface area contributed by atoms with Crippen molar-refractivity contribution in [1.29, 1.82) is 0 Å². The van der Waals surface area contributed by atoms with E-state index in [4.69, 9.17) is 4.43 Å². The van der Waals surface area contributed by atoms with Crippen LogP contribution in [-0.4, -0.2) is 24.5 Å². The summed E-state index contributed by atoms with van der Waals surface area (Å²) in [5.41, 5.74) is -0.724. The summed E-state index contributed by atoms with van der Waals surface area (Å²) in [7, 11) is -1.71. The molecule has 0 aliphatic carbocycles. The number of H-pyrrole nitrogens is 1. The van der Waals surface area contributed by atoms with Crippen molar-refractivity contribution in [3.8, 4) is 0 Å². The molecule has 0 saturated carbocycles. The van der Waals surface area contributed by atoms with Gasteiger partial charge in [-0.25, -0.2) is 4.79 Å². The molecule has 0 radical (unpaired) electrons. The number of nitrogens with zero attached hydrogens (tertiary/aromatic N) is 1. The van der Waals surface area contributed by atoms with Crippen LogP contribution in [0.3, 0.4) is 0 Å². The zero-order valence-electron chi connectivity index (χ0n) is 12.4. The number of aryl methyl sites for hydroxylation is 1. The number of hydrogen-bond acceptors (Lipinski definition) is 3. The number of hydrogen-bond donors (Lipinski definition) is 1. The van der Waals surface area contributed by atoms with E-state index in [1.54, 1.807) is 0 Å². The van der Waals surface area contributed by atoms with Crippen LogP contribution in [0.1, 0.15) is 27.2 Å². The van der Waals surface area contributed by atoms with E-state index >= 15 is 0 Å². The highest BCUT2D eigenvalue weighted by Crippen LogP contribution is 2.36. The standard InChI is InChI=1S/C13H24N2O3Si/c1-13(2,3)19(4,5)18-10-6-8-15-9-7-11(16)14-12(15)17/h7,9H,6,8,10H2,1-5H3,(H,14,16,17). The Morgan fingerprint density at radius 2 is 1.95 bits per heavy atom. The molecular weight excluding hydrogens is 260 g/mol. The normalized spacial score (nSPS) is 12.7. The summed E-state index contributed by atoms with van der Waals surface area (Å²) in [6.07, 6.45) is 2.28. The lowest BCUT2D eigenvalue weighted by Gasteiger charge is -2.36. The van der Waals surface area contributed by atoms with Crippen LogP contribution in [0.5, 0.6) is 0 Å². The first-order valence-electron chi connectivity index (χ1n) is 6.57. The van der Waals surface area contributed by atoms with Gasteiger partial charge in [0.2, 0.25) is 0 Å². The lowest BCUT2D eigenvalue weighted by Crippen LogP contribution is -2.41. The van der Waals surface area contributed by atoms with Crippen LogP contribution >= 0.6 is 0 Å². The van der Waals surface area contributed by atoms with Crippen molar-refractivity contribution in [2.45, 2.75) is 51.9 Å². The van der Waals surface area contributed by atoms with Gasteiger partial charge in [-0.1, -0.05) is 20.8 Å². The third-order valence-corrected chi connectivity index (χ3v) is 8.25. The molecule has 5 nitrogen and oxygen atoms in total. The Morgan fingerprint density at radius 1 is 1.32 bits per heavy atom. The molecule has 1 rings (SSSR count). The van der Waals surface area contributed by atoms with Crippen LogP contribution in [0.2, 0.25) is 18.1 Å². The fraction of sp³-hybridized carbons (Fsp3) is 0.692. The molecule has 1 heterocycles. The van der Waals surface area contributed by atoms with Gasteiger partial charge in [0, 0.05) is 25.4 Å². The summed E-state index contributed by atoms with van der Waals surface area (Å²) in [6.45, 7) is 12.2. The fourth-order valence-electron chi connectivity index (χ4n) is 1.40. The maximum Gasteiger partial charge on any atom is 0.328 e. The first-order valence-corrected chi connectivity index (χ1v) is 9.48. The zero-order chi connectivity index (χ0) is 14.7. The first kappa shape index (κ1) is 15.9. The molecule has 0 aliphatic rings. The summed E-state index contributed by atoms with van der Waals surface area (Å²) in [5, 5.41) is 0.196. The van der Waals surface area contributed by atoms with Gasteiger partial charge in [-0.15, -0.1) is 0 Å². The van der Waals surface area contributed by atoms with Crippen molar-refractivity contribution in [3.63, 3.8) is 0 Å². The summed E-state index contributed by atoms with van der Waals surface area (Å²) < 4.78 is 7.53. The summed E-state index contributed by atoms with van der Waals surface area (Å²) in [5.74, 6) is 0. The second-order valence-electron chi connectivity index (χ2n) is 6.27. The molecule has 6 heteroatoms. The Labute approximate surface area is 114 Å². The molecule has 0 atom stereocenters. The summed E-state index contributed by atoms with van der Waals surface area (Å²) in [4.78, 5) is 24.6. The second kappa shape index (κ2) is 5.88. The molecule has 19 heavy (non-hydrogen) atoms. The maximum atomic E-state index is 11.5. The highest BCUT2D eigenvalue weighted by Gasteiger charge is 2.36. The molecule has 0 aromatic carbocycles. The van der Waals surface area contributed by atoms with Crippen molar-refractivity contribution in [2.24, 2.45) is 0 Å². The molecule has 0 spiro atoms. The van der Waals surface area contributed by atoms with E-state index in [1.165, 1.54) is 16.8 Å². The molecule has 0 aliphatic heterocycles. The molecule has 0 saturated heterocycles. The smallest absolute Gasteiger partial charge is 0.328 e. The molecule has 1 aromatic rings. The minimum Gasteiger partial charge on any atom is -0.417 e. The minimum absolute atomic E-state index is 0.196. The highest BCUT2D eigenvalue weighted by atomic mass is 28.4. The van der Waals surface area contributed by atoms with E-state index in [1.807, 2.05) is 0 Å². The van der Waals surface area contributed by atoms with Crippen molar-refractivity contribution >= 4 is 8.32 Å². The van der Waals surface area contributed by atoms with Crippen molar-refractivity contribution in [1.82, 2.24) is 9.55 Å². The molecule has 108 valence electrons. The third-order valence-electron chi connectivity index (χ3n) is 3.71. The van der Waals surface area contributed by atoms with Gasteiger partial charge in [-0.05, 0) is 24.6 Å². The maximum absolute atomic E-state index is 11.5. The van der Waals surface area contributed by atoms with Gasteiger partial charge < -0.3 is 8.99 Å². The van der Waals surface area contributed by atoms with Crippen molar-refractivity contribution in [3.05, 3.63) is 33.1 Å². The Kier molecular flexibility index (Phi) is 4.92. The van der Waals surface area contributed by atoms with Crippen LogP contribution in [0, 0.1) is 0 Å². The van der Waals surface area contributed by atoms with Crippen LogP contribution in [0.25, 0.3) is 0 Å². The molecule has 0 bridgehead atoms. The predicted molar refractivity (Wildman–Crippen MR) is 79.1 cm³/mol. The molecule has 1 aromatic heterocycles. The topological polar surface area (TPSA) is 64.1 Å². The Morgan fingerprint density at radius 3 is 2.47 bits per heavy atom. The highest BCUT2D eigenvalue weighted by molar-refractivity contribution is 6.74. The number of nitrogens with one attached hydrogen (secondary N) is 1. The van der Waals surface area contributed by atoms with Crippen LogP contribution in [0.15, 0.2) is 21.9 Å². The Hall–Kier alpha value is -1.14. The summed E-state index contributed by atoms with van der Waals surface area (Å²) >= 11 is 0. The average molecular weight is 284 g/mol. The molecular formula is C13H24N2O3Si. The lowest BCUT2D eigenvalue weighted by molar-refractivity contribution is 0.274. The largest absolute Gasteiger partial charge is 0.417 e. The van der Waals surface area contributed by atoms with Gasteiger partial charge in [0.25, 0.3) is 5.56 Å². The van der Waals surface area contributed by atoms with Crippen molar-refractivity contribution in [2.75, 3.05) is 6.61 Å². The monoisotopic (exact) mass is 284 g/mol. The van der Waals surface area contributed by atoms with Gasteiger partial charge in [0.15, 0.2) is 8.32 Å². The van der Waals surface area contributed by atoms with E-state index in [-0.39, 0.29) is 16.3 Å². The number of aromatic nitrogens is 2. The predicted octanol–water partition coefficient (Wildman–Crippen LogP) is 1.95. The Bertz CT molecular complexity index is 526. The van der Waals surface area contributed by atoms with E-state index in [2.05, 4.69) is 38.8 Å². The molecule has 1 N–H and O–H groups in total. The van der Waals surface area contributed by atoms with Crippen LogP contribution in [0.4, 0.5) is 0 Å². The van der Waals surface area contributed by atoms with E-state index in [0.29, 0.717) is 13.2 Å². The molecule has 0 fully saturated rings. The van der Waals surface area contributed by atoms with Gasteiger partial charge in [-0.3, -0.25) is 9.78 Å². The molecule has 0 unspecified atom stereocenters. The average Bonchev–Trinajstić information content (AvgIpc) is 2.25. The minimum atomic E-state index is -1.71. The van der Waals surface area contributed by atoms with Gasteiger partial charge >= 0.3 is 5.69 Å². The lowest BCUT2D eigenvalue weighted by atomic mass is 10.2. The van der Waals surface area contributed by atoms with E-state index in [9.17, 15) is 9.59 Å². The number of aromatic amines is 1. The Balaban J connectivity index is 2.48. The SMILES string of the molecule is CC(C)(C)[Si](C)(C)OCCCn1ccc(=O)[nH]c1=O. The van der Waals surface area contributed by atoms with Gasteiger partial charge in [0.05, 0.1) is 0 Å². The van der Waals surface area contributed by atoms with E-state index in [0.717, 1.165) is 6.42 Å². The number of rotatable bonds is 5. The molecule has 0 amide bonds. The van der Waals surface area contributed by atoms with Gasteiger partial charge in [0.1, 0.15) is 0 Å². The van der Waals surface area contributed by atoms with Gasteiger partial charge in [-0.2, -0.15) is 0 Å².